The molecule has 3 nitrogen and oxygen atoms in total. The molecule has 0 unspecified atom stereocenters. The summed E-state index contributed by atoms with van der Waals surface area (Å²) in [5.41, 5.74) is 2.41. The van der Waals surface area contributed by atoms with Gasteiger partial charge in [-0.15, -0.1) is 0 Å². The second-order valence-electron chi connectivity index (χ2n) is 5.85. The molecular weight excluding hydrogens is 300 g/mol. The van der Waals surface area contributed by atoms with E-state index in [1.807, 2.05) is 19.9 Å². The van der Waals surface area contributed by atoms with E-state index in [1.165, 1.54) is 17.7 Å². The first-order valence-corrected chi connectivity index (χ1v) is 8.70. The van der Waals surface area contributed by atoms with Gasteiger partial charge in [0, 0.05) is 5.56 Å². The fourth-order valence-corrected chi connectivity index (χ4v) is 2.28. The van der Waals surface area contributed by atoms with Gasteiger partial charge in [0.05, 0.1) is 11.5 Å². The Labute approximate surface area is 148 Å². The van der Waals surface area contributed by atoms with Crippen LogP contribution in [0.1, 0.15) is 72.4 Å². The summed E-state index contributed by atoms with van der Waals surface area (Å²) in [6, 6.07) is 5.75. The van der Waals surface area contributed by atoms with Gasteiger partial charge < -0.3 is 15.3 Å². The topological polar surface area (TPSA) is 60.7 Å². The lowest BCUT2D eigenvalue weighted by Crippen LogP contribution is -2.20. The highest BCUT2D eigenvalue weighted by molar-refractivity contribution is 5.43. The molecule has 1 rings (SSSR count). The van der Waals surface area contributed by atoms with Crippen LogP contribution in [-0.4, -0.2) is 15.3 Å². The predicted molar refractivity (Wildman–Crippen MR) is 105 cm³/mol. The highest BCUT2D eigenvalue weighted by Gasteiger charge is 2.26. The summed E-state index contributed by atoms with van der Waals surface area (Å²) >= 11 is 0. The number of aliphatic hydroxyl groups excluding tert-OH is 2. The highest BCUT2D eigenvalue weighted by atomic mass is 16.3. The Balaban J connectivity index is 0. The van der Waals surface area contributed by atoms with Crippen molar-refractivity contribution in [3.63, 3.8) is 0 Å². The Morgan fingerprint density at radius 2 is 1.42 bits per heavy atom. The molecule has 0 spiro atoms. The molecule has 0 atom stereocenters. The highest BCUT2D eigenvalue weighted by Crippen LogP contribution is 2.38. The van der Waals surface area contributed by atoms with Crippen LogP contribution in [0.3, 0.4) is 0 Å². The number of hydrogen-bond donors (Lipinski definition) is 3. The number of phenols is 1. The van der Waals surface area contributed by atoms with Gasteiger partial charge >= 0.3 is 0 Å². The van der Waals surface area contributed by atoms with E-state index in [1.54, 1.807) is 19.9 Å². The molecule has 3 heteroatoms. The minimum absolute atomic E-state index is 0.107. The van der Waals surface area contributed by atoms with Crippen molar-refractivity contribution in [2.24, 2.45) is 0 Å². The number of aryl methyl sites for hydroxylation is 1. The molecule has 0 heterocycles. The molecular formula is C21H36O3. The second kappa shape index (κ2) is 12.5. The maximum Gasteiger partial charge on any atom is 0.119 e. The first-order chi connectivity index (χ1) is 11.2. The van der Waals surface area contributed by atoms with Crippen LogP contribution in [0.2, 0.25) is 0 Å². The van der Waals surface area contributed by atoms with E-state index in [4.69, 9.17) is 10.2 Å². The standard InChI is InChI=1S/C13H20O.C6H10O2.C2H6/c1-5-13(4,6-2)12-10(3)8-7-9-11(12)14;1-5(7)3-4-6(2)8;1-2/h7-9,14H,5-6H2,1-4H3;3-4,7-8H,1-2H3;1-2H3/b;5-3+,6-4+;. The Bertz CT molecular complexity index is 480. The van der Waals surface area contributed by atoms with E-state index in [-0.39, 0.29) is 16.9 Å². The Morgan fingerprint density at radius 1 is 1.00 bits per heavy atom. The molecule has 0 aliphatic rings. The van der Waals surface area contributed by atoms with Crippen LogP contribution in [0.4, 0.5) is 0 Å². The molecule has 0 aromatic heterocycles. The third kappa shape index (κ3) is 8.66. The minimum Gasteiger partial charge on any atom is -0.513 e. The number of rotatable bonds is 4. The molecule has 24 heavy (non-hydrogen) atoms. The zero-order valence-electron chi connectivity index (χ0n) is 16.6. The number of benzene rings is 1. The fourth-order valence-electron chi connectivity index (χ4n) is 2.28. The molecule has 1 aromatic carbocycles. The Morgan fingerprint density at radius 3 is 1.71 bits per heavy atom. The SMILES string of the molecule is C/C(O)=C\C=C(/C)O.CC.CCC(C)(CC)c1c(C)cccc1O. The largest absolute Gasteiger partial charge is 0.513 e. The molecule has 0 radical (unpaired) electrons. The average Bonchev–Trinajstić information content (AvgIpc) is 2.55. The maximum absolute atomic E-state index is 9.89. The lowest BCUT2D eigenvalue weighted by atomic mass is 9.75. The predicted octanol–water partition coefficient (Wildman–Crippen LogP) is 6.71. The molecule has 0 aliphatic carbocycles. The maximum atomic E-state index is 9.89. The van der Waals surface area contributed by atoms with Crippen molar-refractivity contribution in [2.75, 3.05) is 0 Å². The van der Waals surface area contributed by atoms with E-state index >= 15 is 0 Å². The molecule has 0 amide bonds. The zero-order valence-corrected chi connectivity index (χ0v) is 16.6. The van der Waals surface area contributed by atoms with Crippen molar-refractivity contribution in [1.29, 1.82) is 0 Å². The van der Waals surface area contributed by atoms with E-state index in [9.17, 15) is 5.11 Å². The van der Waals surface area contributed by atoms with Crippen LogP contribution >= 0.6 is 0 Å². The van der Waals surface area contributed by atoms with E-state index in [0.717, 1.165) is 18.4 Å². The van der Waals surface area contributed by atoms with Crippen molar-refractivity contribution in [3.8, 4) is 5.75 Å². The van der Waals surface area contributed by atoms with Crippen molar-refractivity contribution >= 4 is 0 Å². The molecule has 1 aromatic rings. The summed E-state index contributed by atoms with van der Waals surface area (Å²) in [6.45, 7) is 15.7. The summed E-state index contributed by atoms with van der Waals surface area (Å²) in [6.07, 6.45) is 4.97. The van der Waals surface area contributed by atoms with Crippen molar-refractivity contribution < 1.29 is 15.3 Å². The molecule has 3 N–H and O–H groups in total. The minimum atomic E-state index is 0.107. The van der Waals surface area contributed by atoms with Crippen LogP contribution < -0.4 is 0 Å². The smallest absolute Gasteiger partial charge is 0.119 e. The van der Waals surface area contributed by atoms with Gasteiger partial charge in [-0.3, -0.25) is 0 Å². The van der Waals surface area contributed by atoms with Crippen LogP contribution in [0.5, 0.6) is 5.75 Å². The number of hydrogen-bond acceptors (Lipinski definition) is 3. The molecule has 138 valence electrons. The lowest BCUT2D eigenvalue weighted by Gasteiger charge is -2.29. The van der Waals surface area contributed by atoms with Gasteiger partial charge in [0.15, 0.2) is 0 Å². The van der Waals surface area contributed by atoms with Gasteiger partial charge in [-0.05, 0) is 62.8 Å². The Kier molecular flexibility index (Phi) is 12.7. The van der Waals surface area contributed by atoms with Gasteiger partial charge in [0.1, 0.15) is 5.75 Å². The van der Waals surface area contributed by atoms with Crippen molar-refractivity contribution in [1.82, 2.24) is 0 Å². The van der Waals surface area contributed by atoms with Crippen molar-refractivity contribution in [2.45, 2.75) is 73.6 Å². The van der Waals surface area contributed by atoms with Crippen LogP contribution in [0.25, 0.3) is 0 Å². The van der Waals surface area contributed by atoms with Crippen LogP contribution in [-0.2, 0) is 5.41 Å². The van der Waals surface area contributed by atoms with E-state index in [2.05, 4.69) is 33.8 Å². The summed E-state index contributed by atoms with van der Waals surface area (Å²) in [5, 5.41) is 26.9. The number of phenolic OH excluding ortho intramolecular Hbond substituents is 1. The number of allylic oxidation sites excluding steroid dienone is 4. The average molecular weight is 337 g/mol. The number of aromatic hydroxyl groups is 1. The normalized spacial score (nSPS) is 11.8. The summed E-state index contributed by atoms with van der Waals surface area (Å²) in [5.74, 6) is 0.827. The number of aliphatic hydroxyl groups is 2. The first-order valence-electron chi connectivity index (χ1n) is 8.70. The summed E-state index contributed by atoms with van der Waals surface area (Å²) < 4.78 is 0. The fraction of sp³-hybridized carbons (Fsp3) is 0.524. The van der Waals surface area contributed by atoms with Gasteiger partial charge in [-0.2, -0.15) is 0 Å². The van der Waals surface area contributed by atoms with Crippen molar-refractivity contribution in [3.05, 3.63) is 53.0 Å². The third-order valence-electron chi connectivity index (χ3n) is 3.98. The van der Waals surface area contributed by atoms with Gasteiger partial charge in [-0.1, -0.05) is 46.8 Å². The van der Waals surface area contributed by atoms with Gasteiger partial charge in [-0.25, -0.2) is 0 Å². The lowest BCUT2D eigenvalue weighted by molar-refractivity contribution is 0.396. The van der Waals surface area contributed by atoms with Gasteiger partial charge in [0.25, 0.3) is 0 Å². The zero-order chi connectivity index (χ0) is 19.3. The van der Waals surface area contributed by atoms with Crippen LogP contribution in [0.15, 0.2) is 41.9 Å². The summed E-state index contributed by atoms with van der Waals surface area (Å²) in [7, 11) is 0. The molecule has 0 fully saturated rings. The summed E-state index contributed by atoms with van der Waals surface area (Å²) in [4.78, 5) is 0. The quantitative estimate of drug-likeness (QED) is 0.423. The second-order valence-corrected chi connectivity index (χ2v) is 5.85. The van der Waals surface area contributed by atoms with Gasteiger partial charge in [0.2, 0.25) is 0 Å². The Hall–Kier alpha value is -1.90. The molecule has 0 saturated heterocycles. The molecule has 0 saturated carbocycles. The third-order valence-corrected chi connectivity index (χ3v) is 3.98. The first kappa shape index (κ1) is 24.4. The van der Waals surface area contributed by atoms with E-state index in [0.29, 0.717) is 5.75 Å². The van der Waals surface area contributed by atoms with E-state index < -0.39 is 0 Å². The molecule has 0 bridgehead atoms. The monoisotopic (exact) mass is 336 g/mol. The van der Waals surface area contributed by atoms with Crippen LogP contribution in [0, 0.1) is 6.92 Å². The molecule has 0 aliphatic heterocycles.